The van der Waals surface area contributed by atoms with Gasteiger partial charge < -0.3 is 9.84 Å². The van der Waals surface area contributed by atoms with E-state index in [0.717, 1.165) is 18.5 Å². The average Bonchev–Trinajstić information content (AvgIpc) is 2.98. The van der Waals surface area contributed by atoms with Crippen LogP contribution in [0.3, 0.4) is 0 Å². The summed E-state index contributed by atoms with van der Waals surface area (Å²) in [4.78, 5) is 4.45. The van der Waals surface area contributed by atoms with Gasteiger partial charge in [0.1, 0.15) is 0 Å². The quantitative estimate of drug-likeness (QED) is 0.905. The summed E-state index contributed by atoms with van der Waals surface area (Å²) in [6.45, 7) is 3.18. The number of benzene rings is 1. The van der Waals surface area contributed by atoms with E-state index in [1.165, 1.54) is 0 Å². The molecule has 0 saturated carbocycles. The highest BCUT2D eigenvalue weighted by Crippen LogP contribution is 2.30. The molecule has 2 atom stereocenters. The van der Waals surface area contributed by atoms with Gasteiger partial charge in [0.25, 0.3) is 0 Å². The van der Waals surface area contributed by atoms with Gasteiger partial charge in [-0.1, -0.05) is 35.8 Å². The molecule has 0 spiro atoms. The molecule has 1 aromatic heterocycles. The number of nitrogens with zero attached hydrogens (tertiary/aromatic N) is 2. The Balaban J connectivity index is 1.92. The Hall–Kier alpha value is -1.39. The van der Waals surface area contributed by atoms with Crippen molar-refractivity contribution in [2.24, 2.45) is 5.92 Å². The van der Waals surface area contributed by atoms with E-state index in [9.17, 15) is 0 Å². The van der Waals surface area contributed by atoms with Crippen LogP contribution in [0, 0.1) is 5.92 Å². The lowest BCUT2D eigenvalue weighted by atomic mass is 10.0. The van der Waals surface area contributed by atoms with Gasteiger partial charge >= 0.3 is 0 Å². The van der Waals surface area contributed by atoms with Gasteiger partial charge in [0.2, 0.25) is 11.7 Å². The molecule has 0 radical (unpaired) electrons. The summed E-state index contributed by atoms with van der Waals surface area (Å²) < 4.78 is 5.35. The summed E-state index contributed by atoms with van der Waals surface area (Å²) in [6, 6.07) is 7.67. The van der Waals surface area contributed by atoms with E-state index in [-0.39, 0.29) is 6.04 Å². The maximum Gasteiger partial charge on any atom is 0.244 e. The average molecular weight is 264 g/mol. The normalized spacial score (nSPS) is 23.4. The lowest BCUT2D eigenvalue weighted by Crippen LogP contribution is -2.16. The Morgan fingerprint density at radius 3 is 2.94 bits per heavy atom. The standard InChI is InChI=1S/C13H14ClN3O/c1-8-6-7-15-11(8)13-16-12(17-18-13)9-4-2-3-5-10(9)14/h2-5,8,11,15H,6-7H2,1H3. The second-order valence-corrected chi connectivity index (χ2v) is 5.04. The first kappa shape index (κ1) is 11.7. The summed E-state index contributed by atoms with van der Waals surface area (Å²) in [6.07, 6.45) is 1.13. The van der Waals surface area contributed by atoms with Crippen LogP contribution in [0.4, 0.5) is 0 Å². The Morgan fingerprint density at radius 1 is 1.39 bits per heavy atom. The van der Waals surface area contributed by atoms with Gasteiger partial charge in [-0.2, -0.15) is 4.98 Å². The molecule has 2 unspecified atom stereocenters. The number of halogens is 1. The van der Waals surface area contributed by atoms with Crippen LogP contribution in [0.15, 0.2) is 28.8 Å². The Morgan fingerprint density at radius 2 is 2.22 bits per heavy atom. The van der Waals surface area contributed by atoms with Crippen LogP contribution in [0.25, 0.3) is 11.4 Å². The van der Waals surface area contributed by atoms with Gasteiger partial charge in [0.05, 0.1) is 11.1 Å². The van der Waals surface area contributed by atoms with Crippen LogP contribution >= 0.6 is 11.6 Å². The van der Waals surface area contributed by atoms with Crippen molar-refractivity contribution in [1.29, 1.82) is 0 Å². The summed E-state index contributed by atoms with van der Waals surface area (Å²) in [7, 11) is 0. The predicted octanol–water partition coefficient (Wildman–Crippen LogP) is 3.06. The molecular weight excluding hydrogens is 250 g/mol. The highest BCUT2D eigenvalue weighted by molar-refractivity contribution is 6.33. The SMILES string of the molecule is CC1CCNC1c1nc(-c2ccccc2Cl)no1. The molecule has 0 bridgehead atoms. The summed E-state index contributed by atoms with van der Waals surface area (Å²) in [5, 5.41) is 8.02. The minimum absolute atomic E-state index is 0.161. The van der Waals surface area contributed by atoms with Gasteiger partial charge in [-0.25, -0.2) is 0 Å². The highest BCUT2D eigenvalue weighted by Gasteiger charge is 2.29. The molecule has 5 heteroatoms. The highest BCUT2D eigenvalue weighted by atomic mass is 35.5. The van der Waals surface area contributed by atoms with Crippen molar-refractivity contribution in [2.75, 3.05) is 6.54 Å². The largest absolute Gasteiger partial charge is 0.337 e. The maximum atomic E-state index is 6.12. The van der Waals surface area contributed by atoms with Crippen molar-refractivity contribution in [3.05, 3.63) is 35.2 Å². The Labute approximate surface area is 110 Å². The molecule has 2 aromatic rings. The molecule has 94 valence electrons. The molecule has 2 heterocycles. The van der Waals surface area contributed by atoms with Crippen molar-refractivity contribution in [3.63, 3.8) is 0 Å². The molecule has 0 aliphatic carbocycles. The summed E-state index contributed by atoms with van der Waals surface area (Å²) >= 11 is 6.12. The molecule has 1 fully saturated rings. The third-order valence-electron chi connectivity index (χ3n) is 3.36. The van der Waals surface area contributed by atoms with Crippen LogP contribution in [0.2, 0.25) is 5.02 Å². The first-order valence-electron chi connectivity index (χ1n) is 6.07. The lowest BCUT2D eigenvalue weighted by Gasteiger charge is -2.09. The smallest absolute Gasteiger partial charge is 0.244 e. The number of rotatable bonds is 2. The Kier molecular flexibility index (Phi) is 3.06. The van der Waals surface area contributed by atoms with Crippen LogP contribution in [0.5, 0.6) is 0 Å². The van der Waals surface area contributed by atoms with E-state index >= 15 is 0 Å². The molecule has 1 N–H and O–H groups in total. The molecule has 1 saturated heterocycles. The molecule has 1 aliphatic rings. The molecule has 1 aliphatic heterocycles. The minimum Gasteiger partial charge on any atom is -0.337 e. The number of hydrogen-bond acceptors (Lipinski definition) is 4. The maximum absolute atomic E-state index is 6.12. The van der Waals surface area contributed by atoms with Gasteiger partial charge in [0, 0.05) is 5.56 Å². The lowest BCUT2D eigenvalue weighted by molar-refractivity contribution is 0.319. The zero-order valence-electron chi connectivity index (χ0n) is 10.1. The van der Waals surface area contributed by atoms with E-state index in [2.05, 4.69) is 22.4 Å². The van der Waals surface area contributed by atoms with Gasteiger partial charge in [-0.15, -0.1) is 0 Å². The van der Waals surface area contributed by atoms with Crippen molar-refractivity contribution in [2.45, 2.75) is 19.4 Å². The van der Waals surface area contributed by atoms with Crippen LogP contribution in [-0.2, 0) is 0 Å². The van der Waals surface area contributed by atoms with Crippen LogP contribution in [-0.4, -0.2) is 16.7 Å². The van der Waals surface area contributed by atoms with Crippen molar-refractivity contribution < 1.29 is 4.52 Å². The van der Waals surface area contributed by atoms with Crippen LogP contribution in [0.1, 0.15) is 25.3 Å². The number of aromatic nitrogens is 2. The fourth-order valence-corrected chi connectivity index (χ4v) is 2.50. The molecular formula is C13H14ClN3O. The Bertz CT molecular complexity index is 555. The molecule has 18 heavy (non-hydrogen) atoms. The number of hydrogen-bond donors (Lipinski definition) is 1. The third-order valence-corrected chi connectivity index (χ3v) is 3.69. The molecule has 4 nitrogen and oxygen atoms in total. The zero-order chi connectivity index (χ0) is 12.5. The van der Waals surface area contributed by atoms with E-state index in [4.69, 9.17) is 16.1 Å². The summed E-state index contributed by atoms with van der Waals surface area (Å²) in [5.41, 5.74) is 0.805. The van der Waals surface area contributed by atoms with Crippen molar-refractivity contribution in [3.8, 4) is 11.4 Å². The first-order chi connectivity index (χ1) is 8.75. The second-order valence-electron chi connectivity index (χ2n) is 4.63. The zero-order valence-corrected chi connectivity index (χ0v) is 10.8. The predicted molar refractivity (Wildman–Crippen MR) is 69.3 cm³/mol. The second kappa shape index (κ2) is 4.71. The van der Waals surface area contributed by atoms with Crippen molar-refractivity contribution in [1.82, 2.24) is 15.5 Å². The van der Waals surface area contributed by atoms with Gasteiger partial charge in [-0.3, -0.25) is 0 Å². The first-order valence-corrected chi connectivity index (χ1v) is 6.45. The molecule has 1 aromatic carbocycles. The van der Waals surface area contributed by atoms with Crippen molar-refractivity contribution >= 4 is 11.6 Å². The molecule has 3 rings (SSSR count). The van der Waals surface area contributed by atoms with E-state index in [0.29, 0.717) is 22.7 Å². The third kappa shape index (κ3) is 2.02. The molecule has 0 amide bonds. The van der Waals surface area contributed by atoms with E-state index in [1.807, 2.05) is 24.3 Å². The van der Waals surface area contributed by atoms with Gasteiger partial charge in [0.15, 0.2) is 0 Å². The number of nitrogens with one attached hydrogen (secondary N) is 1. The summed E-state index contributed by atoms with van der Waals surface area (Å²) in [5.74, 6) is 1.72. The van der Waals surface area contributed by atoms with E-state index < -0.39 is 0 Å². The van der Waals surface area contributed by atoms with E-state index in [1.54, 1.807) is 0 Å². The topological polar surface area (TPSA) is 51.0 Å². The fourth-order valence-electron chi connectivity index (χ4n) is 2.28. The minimum atomic E-state index is 0.161. The monoisotopic (exact) mass is 263 g/mol. The van der Waals surface area contributed by atoms with Gasteiger partial charge in [-0.05, 0) is 31.0 Å². The fraction of sp³-hybridized carbons (Fsp3) is 0.385. The van der Waals surface area contributed by atoms with Crippen LogP contribution < -0.4 is 5.32 Å².